The van der Waals surface area contributed by atoms with Gasteiger partial charge in [0.15, 0.2) is 0 Å². The molecule has 2 aromatic heterocycles. The van der Waals surface area contributed by atoms with Crippen LogP contribution in [-0.2, 0) is 12.1 Å². The smallest absolute Gasteiger partial charge is 0.317 e. The Kier molecular flexibility index (Phi) is 4.23. The number of hydrogen-bond donors (Lipinski definition) is 2. The number of nitrogens with zero attached hydrogens (tertiary/aromatic N) is 2. The Morgan fingerprint density at radius 2 is 2.10 bits per heavy atom. The predicted molar refractivity (Wildman–Crippen MR) is 109 cm³/mol. The van der Waals surface area contributed by atoms with Gasteiger partial charge in [0.25, 0.3) is 0 Å². The van der Waals surface area contributed by atoms with Gasteiger partial charge in [-0.05, 0) is 49.2 Å². The number of likely N-dealkylation sites (tertiary alicyclic amines) is 1. The number of carbonyl (C=O) groups excluding carboxylic acids is 1. The van der Waals surface area contributed by atoms with Crippen molar-refractivity contribution in [3.05, 3.63) is 66.4 Å². The lowest BCUT2D eigenvalue weighted by Gasteiger charge is -2.46. The van der Waals surface area contributed by atoms with E-state index in [1.54, 1.807) is 13.4 Å². The number of fused-ring (bicyclic) bond motifs is 4. The van der Waals surface area contributed by atoms with Gasteiger partial charge < -0.3 is 29.3 Å². The molecule has 1 saturated heterocycles. The summed E-state index contributed by atoms with van der Waals surface area (Å²) in [4.78, 5) is 14.5. The van der Waals surface area contributed by atoms with Crippen LogP contribution in [0.15, 0.2) is 59.3 Å². The van der Waals surface area contributed by atoms with Crippen LogP contribution in [0.2, 0.25) is 0 Å². The summed E-state index contributed by atoms with van der Waals surface area (Å²) < 4.78 is 12.9. The first-order valence-electron chi connectivity index (χ1n) is 9.88. The number of amides is 2. The van der Waals surface area contributed by atoms with Crippen molar-refractivity contribution in [3.8, 4) is 11.4 Å². The summed E-state index contributed by atoms with van der Waals surface area (Å²) in [6.07, 6.45) is 5.39. The molecule has 0 bridgehead atoms. The first-order chi connectivity index (χ1) is 14.2. The molecular weight excluding hydrogens is 368 g/mol. The molecule has 0 atom stereocenters. The van der Waals surface area contributed by atoms with E-state index in [0.717, 1.165) is 35.7 Å². The number of rotatable bonds is 3. The van der Waals surface area contributed by atoms with Gasteiger partial charge in [0.2, 0.25) is 0 Å². The standard InChI is InChI=1S/C22H24N4O3/c1-28-16-6-7-19-18(14-16)24-22(20-5-2-10-26(19)20)8-11-25(12-9-22)21(27)23-15-17-4-3-13-29-17/h2-7,10,13-14,24H,8-9,11-12,15H2,1H3,(H,23,27). The molecule has 29 heavy (non-hydrogen) atoms. The van der Waals surface area contributed by atoms with E-state index in [0.29, 0.717) is 19.6 Å². The predicted octanol–water partition coefficient (Wildman–Crippen LogP) is 3.71. The molecule has 2 N–H and O–H groups in total. The maximum Gasteiger partial charge on any atom is 0.317 e. The minimum atomic E-state index is -0.194. The van der Waals surface area contributed by atoms with Gasteiger partial charge in [-0.3, -0.25) is 0 Å². The average molecular weight is 392 g/mol. The van der Waals surface area contributed by atoms with Crippen LogP contribution < -0.4 is 15.4 Å². The Morgan fingerprint density at radius 3 is 2.86 bits per heavy atom. The SMILES string of the molecule is COc1ccc2c(c1)NC1(CCN(C(=O)NCc3ccco3)CC1)c1cccn1-2. The monoisotopic (exact) mass is 392 g/mol. The summed E-state index contributed by atoms with van der Waals surface area (Å²) in [6, 6.07) is 14.0. The summed E-state index contributed by atoms with van der Waals surface area (Å²) in [5.41, 5.74) is 3.23. The molecule has 4 heterocycles. The van der Waals surface area contributed by atoms with Gasteiger partial charge in [-0.2, -0.15) is 0 Å². The van der Waals surface area contributed by atoms with E-state index in [1.165, 1.54) is 5.69 Å². The van der Waals surface area contributed by atoms with Crippen molar-refractivity contribution >= 4 is 11.7 Å². The highest BCUT2D eigenvalue weighted by Gasteiger charge is 2.42. The van der Waals surface area contributed by atoms with E-state index in [4.69, 9.17) is 9.15 Å². The van der Waals surface area contributed by atoms with Crippen molar-refractivity contribution in [2.45, 2.75) is 24.9 Å². The Balaban J connectivity index is 1.33. The quantitative estimate of drug-likeness (QED) is 0.713. The van der Waals surface area contributed by atoms with Gasteiger partial charge in [0, 0.05) is 31.0 Å². The molecule has 7 heteroatoms. The number of urea groups is 1. The first-order valence-corrected chi connectivity index (χ1v) is 9.88. The van der Waals surface area contributed by atoms with E-state index >= 15 is 0 Å². The van der Waals surface area contributed by atoms with Crippen LogP contribution in [-0.4, -0.2) is 35.7 Å². The molecule has 0 aliphatic carbocycles. The Hall–Kier alpha value is -3.35. The lowest BCUT2D eigenvalue weighted by Crippen LogP contribution is -2.52. The molecule has 7 nitrogen and oxygen atoms in total. The fourth-order valence-corrected chi connectivity index (χ4v) is 4.42. The van der Waals surface area contributed by atoms with Crippen molar-refractivity contribution in [1.29, 1.82) is 0 Å². The molecular formula is C22H24N4O3. The Bertz CT molecular complexity index is 1020. The van der Waals surface area contributed by atoms with Crippen molar-refractivity contribution in [3.63, 3.8) is 0 Å². The van der Waals surface area contributed by atoms with Gasteiger partial charge in [-0.25, -0.2) is 4.79 Å². The summed E-state index contributed by atoms with van der Waals surface area (Å²) >= 11 is 0. The second kappa shape index (κ2) is 6.92. The highest BCUT2D eigenvalue weighted by Crippen LogP contribution is 2.44. The van der Waals surface area contributed by atoms with Crippen molar-refractivity contribution < 1.29 is 13.9 Å². The maximum atomic E-state index is 12.6. The third-order valence-electron chi connectivity index (χ3n) is 5.97. The second-order valence-electron chi connectivity index (χ2n) is 7.58. The van der Waals surface area contributed by atoms with Gasteiger partial charge in [0.05, 0.1) is 36.8 Å². The van der Waals surface area contributed by atoms with Crippen molar-refractivity contribution in [2.24, 2.45) is 0 Å². The Morgan fingerprint density at radius 1 is 1.24 bits per heavy atom. The normalized spacial score (nSPS) is 16.7. The topological polar surface area (TPSA) is 71.7 Å². The number of anilines is 1. The van der Waals surface area contributed by atoms with Gasteiger partial charge >= 0.3 is 6.03 Å². The van der Waals surface area contributed by atoms with Gasteiger partial charge in [0.1, 0.15) is 11.5 Å². The van der Waals surface area contributed by atoms with Crippen molar-refractivity contribution in [2.75, 3.05) is 25.5 Å². The minimum absolute atomic E-state index is 0.0514. The summed E-state index contributed by atoms with van der Waals surface area (Å²) in [7, 11) is 1.68. The van der Waals surface area contributed by atoms with Crippen molar-refractivity contribution in [1.82, 2.24) is 14.8 Å². The summed E-state index contributed by atoms with van der Waals surface area (Å²) in [5.74, 6) is 1.58. The largest absolute Gasteiger partial charge is 0.497 e. The zero-order valence-corrected chi connectivity index (χ0v) is 16.4. The lowest BCUT2D eigenvalue weighted by atomic mass is 9.82. The van der Waals surface area contributed by atoms with Gasteiger partial charge in [-0.15, -0.1) is 0 Å². The molecule has 2 aliphatic heterocycles. The molecule has 2 amide bonds. The number of aromatic nitrogens is 1. The highest BCUT2D eigenvalue weighted by atomic mass is 16.5. The highest BCUT2D eigenvalue weighted by molar-refractivity contribution is 5.74. The van der Waals surface area contributed by atoms with E-state index in [9.17, 15) is 4.79 Å². The first kappa shape index (κ1) is 17.7. The number of furan rings is 1. The number of ether oxygens (including phenoxy) is 1. The zero-order chi connectivity index (χ0) is 19.8. The zero-order valence-electron chi connectivity index (χ0n) is 16.4. The number of piperidine rings is 1. The fourth-order valence-electron chi connectivity index (χ4n) is 4.42. The number of methoxy groups -OCH3 is 1. The van der Waals surface area contributed by atoms with Crippen LogP contribution in [0.4, 0.5) is 10.5 Å². The molecule has 150 valence electrons. The van der Waals surface area contributed by atoms with Crippen LogP contribution in [0, 0.1) is 0 Å². The number of benzene rings is 1. The molecule has 2 aliphatic rings. The number of carbonyl (C=O) groups is 1. The van der Waals surface area contributed by atoms with Crippen LogP contribution in [0.25, 0.3) is 5.69 Å². The van der Waals surface area contributed by atoms with Crippen LogP contribution in [0.5, 0.6) is 5.75 Å². The average Bonchev–Trinajstić information content (AvgIpc) is 3.45. The number of nitrogens with one attached hydrogen (secondary N) is 2. The third-order valence-corrected chi connectivity index (χ3v) is 5.97. The molecule has 5 rings (SSSR count). The second-order valence-corrected chi connectivity index (χ2v) is 7.58. The third kappa shape index (κ3) is 3.03. The van der Waals surface area contributed by atoms with E-state index in [-0.39, 0.29) is 11.6 Å². The minimum Gasteiger partial charge on any atom is -0.497 e. The molecule has 3 aromatic rings. The van der Waals surface area contributed by atoms with Crippen LogP contribution >= 0.6 is 0 Å². The van der Waals surface area contributed by atoms with Gasteiger partial charge in [-0.1, -0.05) is 0 Å². The van der Waals surface area contributed by atoms with Crippen LogP contribution in [0.1, 0.15) is 24.3 Å². The summed E-state index contributed by atoms with van der Waals surface area (Å²) in [6.45, 7) is 1.77. The van der Waals surface area contributed by atoms with E-state index < -0.39 is 0 Å². The van der Waals surface area contributed by atoms with Crippen LogP contribution in [0.3, 0.4) is 0 Å². The molecule has 1 fully saturated rings. The molecule has 0 saturated carbocycles. The van der Waals surface area contributed by atoms with E-state index in [1.807, 2.05) is 29.2 Å². The fraction of sp³-hybridized carbons (Fsp3) is 0.318. The number of hydrogen-bond acceptors (Lipinski definition) is 4. The molecule has 1 aromatic carbocycles. The molecule has 0 radical (unpaired) electrons. The molecule has 0 unspecified atom stereocenters. The maximum absolute atomic E-state index is 12.6. The molecule has 1 spiro atoms. The summed E-state index contributed by atoms with van der Waals surface area (Å²) in [5, 5.41) is 6.71. The van der Waals surface area contributed by atoms with E-state index in [2.05, 4.69) is 39.6 Å². The lowest BCUT2D eigenvalue weighted by molar-refractivity contribution is 0.162. The Labute approximate surface area is 169 Å².